The number of halogens is 2. The summed E-state index contributed by atoms with van der Waals surface area (Å²) in [6, 6.07) is 11.2. The first-order chi connectivity index (χ1) is 13.7. The first-order valence-corrected chi connectivity index (χ1v) is 10.4. The maximum absolute atomic E-state index is 13.6. The SMILES string of the molecule is CC(C)CC1NC(C(=O)O)C(c2cccc(Cl)c2)C12C(=O)Nc1cc(Cl)ccc12. The number of carbonyl (C=O) groups is 2. The summed E-state index contributed by atoms with van der Waals surface area (Å²) in [5, 5.41) is 17.3. The van der Waals surface area contributed by atoms with Crippen LogP contribution in [0.15, 0.2) is 42.5 Å². The Morgan fingerprint density at radius 2 is 1.90 bits per heavy atom. The van der Waals surface area contributed by atoms with Gasteiger partial charge in [-0.15, -0.1) is 0 Å². The number of aliphatic carboxylic acids is 1. The third kappa shape index (κ3) is 3.12. The van der Waals surface area contributed by atoms with E-state index in [2.05, 4.69) is 24.5 Å². The Morgan fingerprint density at radius 3 is 2.55 bits per heavy atom. The van der Waals surface area contributed by atoms with Crippen molar-refractivity contribution in [2.24, 2.45) is 5.92 Å². The van der Waals surface area contributed by atoms with Crippen molar-refractivity contribution in [1.82, 2.24) is 5.32 Å². The zero-order chi connectivity index (χ0) is 20.9. The number of amides is 1. The Hall–Kier alpha value is -2.08. The van der Waals surface area contributed by atoms with E-state index in [-0.39, 0.29) is 17.9 Å². The molecule has 152 valence electrons. The minimum atomic E-state index is -1.07. The average molecular weight is 433 g/mol. The zero-order valence-electron chi connectivity index (χ0n) is 16.1. The molecule has 2 aromatic carbocycles. The Kier molecular flexibility index (Phi) is 5.09. The number of rotatable bonds is 4. The van der Waals surface area contributed by atoms with E-state index in [1.165, 1.54) is 0 Å². The minimum Gasteiger partial charge on any atom is -0.480 e. The highest BCUT2D eigenvalue weighted by molar-refractivity contribution is 6.31. The molecule has 5 nitrogen and oxygen atoms in total. The third-order valence-corrected chi connectivity index (χ3v) is 6.46. The second-order valence-electron chi connectivity index (χ2n) is 8.21. The molecule has 1 fully saturated rings. The third-order valence-electron chi connectivity index (χ3n) is 5.99. The van der Waals surface area contributed by atoms with Crippen LogP contribution >= 0.6 is 23.2 Å². The van der Waals surface area contributed by atoms with Gasteiger partial charge in [0.05, 0.1) is 0 Å². The number of anilines is 1. The fourth-order valence-electron chi connectivity index (χ4n) is 5.00. The quantitative estimate of drug-likeness (QED) is 0.667. The first-order valence-electron chi connectivity index (χ1n) is 9.61. The van der Waals surface area contributed by atoms with Crippen molar-refractivity contribution >= 4 is 40.8 Å². The maximum Gasteiger partial charge on any atom is 0.321 e. The first kappa shape index (κ1) is 20.2. The highest BCUT2D eigenvalue weighted by atomic mass is 35.5. The number of hydrogen-bond donors (Lipinski definition) is 3. The van der Waals surface area contributed by atoms with Crippen molar-refractivity contribution in [2.75, 3.05) is 5.32 Å². The normalized spacial score (nSPS) is 28.0. The predicted octanol–water partition coefficient (Wildman–Crippen LogP) is 4.44. The van der Waals surface area contributed by atoms with E-state index in [0.29, 0.717) is 22.2 Å². The molecule has 2 aliphatic heterocycles. The second kappa shape index (κ2) is 7.31. The van der Waals surface area contributed by atoms with Crippen LogP contribution in [0.5, 0.6) is 0 Å². The van der Waals surface area contributed by atoms with Gasteiger partial charge >= 0.3 is 5.97 Å². The van der Waals surface area contributed by atoms with Gasteiger partial charge in [0.25, 0.3) is 0 Å². The van der Waals surface area contributed by atoms with Crippen LogP contribution in [0.4, 0.5) is 5.69 Å². The van der Waals surface area contributed by atoms with E-state index in [1.54, 1.807) is 30.3 Å². The monoisotopic (exact) mass is 432 g/mol. The number of carboxylic acids is 1. The lowest BCUT2D eigenvalue weighted by Crippen LogP contribution is -2.48. The van der Waals surface area contributed by atoms with Gasteiger partial charge in [0.2, 0.25) is 5.91 Å². The van der Waals surface area contributed by atoms with Crippen LogP contribution in [0.2, 0.25) is 10.0 Å². The molecule has 1 saturated heterocycles. The van der Waals surface area contributed by atoms with Gasteiger partial charge in [-0.3, -0.25) is 14.9 Å². The van der Waals surface area contributed by atoms with Crippen LogP contribution in [-0.4, -0.2) is 29.1 Å². The number of nitrogens with one attached hydrogen (secondary N) is 2. The van der Waals surface area contributed by atoms with Gasteiger partial charge in [0.15, 0.2) is 0 Å². The molecular weight excluding hydrogens is 411 g/mol. The van der Waals surface area contributed by atoms with Crippen LogP contribution in [0.25, 0.3) is 0 Å². The van der Waals surface area contributed by atoms with Crippen molar-refractivity contribution in [3.05, 3.63) is 63.6 Å². The molecular formula is C22H22Cl2N2O3. The van der Waals surface area contributed by atoms with Gasteiger partial charge in [-0.2, -0.15) is 0 Å². The van der Waals surface area contributed by atoms with E-state index in [0.717, 1.165) is 11.1 Å². The number of carboxylic acid groups (broad SMARTS) is 1. The highest BCUT2D eigenvalue weighted by Gasteiger charge is 2.65. The lowest BCUT2D eigenvalue weighted by Gasteiger charge is -2.35. The molecule has 0 saturated carbocycles. The Balaban J connectivity index is 2.00. The van der Waals surface area contributed by atoms with E-state index in [1.807, 2.05) is 12.1 Å². The molecule has 0 bridgehead atoms. The molecule has 1 amide bonds. The molecule has 2 aromatic rings. The summed E-state index contributed by atoms with van der Waals surface area (Å²) in [4.78, 5) is 25.8. The summed E-state index contributed by atoms with van der Waals surface area (Å²) in [5.41, 5.74) is 1.06. The molecule has 1 spiro atoms. The molecule has 0 radical (unpaired) electrons. The average Bonchev–Trinajstić information content (AvgIpc) is 3.11. The van der Waals surface area contributed by atoms with E-state index >= 15 is 0 Å². The van der Waals surface area contributed by atoms with Crippen LogP contribution in [0, 0.1) is 5.92 Å². The fourth-order valence-corrected chi connectivity index (χ4v) is 5.37. The van der Waals surface area contributed by atoms with Crippen molar-refractivity contribution in [3.63, 3.8) is 0 Å². The predicted molar refractivity (Wildman–Crippen MR) is 114 cm³/mol. The minimum absolute atomic E-state index is 0.207. The summed E-state index contributed by atoms with van der Waals surface area (Å²) in [7, 11) is 0. The van der Waals surface area contributed by atoms with Gasteiger partial charge in [0.1, 0.15) is 11.5 Å². The molecule has 2 aliphatic rings. The van der Waals surface area contributed by atoms with E-state index in [4.69, 9.17) is 23.2 Å². The molecule has 4 atom stereocenters. The zero-order valence-corrected chi connectivity index (χ0v) is 17.6. The number of carbonyl (C=O) groups excluding carboxylic acids is 1. The molecule has 2 heterocycles. The molecule has 4 rings (SSSR count). The summed E-state index contributed by atoms with van der Waals surface area (Å²) in [6.45, 7) is 4.13. The molecule has 29 heavy (non-hydrogen) atoms. The molecule has 3 N–H and O–H groups in total. The molecule has 7 heteroatoms. The number of hydrogen-bond acceptors (Lipinski definition) is 3. The molecule has 4 unspecified atom stereocenters. The summed E-state index contributed by atoms with van der Waals surface area (Å²) >= 11 is 12.4. The Bertz CT molecular complexity index is 994. The lowest BCUT2D eigenvalue weighted by molar-refractivity contribution is -0.139. The number of benzene rings is 2. The van der Waals surface area contributed by atoms with Gasteiger partial charge in [-0.25, -0.2) is 0 Å². The fraction of sp³-hybridized carbons (Fsp3) is 0.364. The van der Waals surface area contributed by atoms with Crippen LogP contribution in [0.3, 0.4) is 0 Å². The van der Waals surface area contributed by atoms with Crippen molar-refractivity contribution in [2.45, 2.75) is 43.7 Å². The summed E-state index contributed by atoms with van der Waals surface area (Å²) < 4.78 is 0. The maximum atomic E-state index is 13.6. The van der Waals surface area contributed by atoms with Gasteiger partial charge in [0, 0.05) is 27.7 Å². The van der Waals surface area contributed by atoms with Gasteiger partial charge in [-0.1, -0.05) is 55.2 Å². The van der Waals surface area contributed by atoms with E-state index in [9.17, 15) is 14.7 Å². The van der Waals surface area contributed by atoms with Crippen LogP contribution in [0.1, 0.15) is 37.3 Å². The lowest BCUT2D eigenvalue weighted by atomic mass is 9.63. The van der Waals surface area contributed by atoms with E-state index < -0.39 is 23.3 Å². The second-order valence-corrected chi connectivity index (χ2v) is 9.08. The van der Waals surface area contributed by atoms with Gasteiger partial charge in [-0.05, 0) is 47.7 Å². The number of fused-ring (bicyclic) bond motifs is 2. The molecule has 0 aliphatic carbocycles. The Labute approximate surface area is 179 Å². The summed E-state index contributed by atoms with van der Waals surface area (Å²) in [5.74, 6) is -1.55. The standard InChI is InChI=1S/C22H22Cl2N2O3/c1-11(2)8-17-22(15-7-6-14(24)10-16(15)25-21(22)29)18(19(26-17)20(27)28)12-4-3-5-13(23)9-12/h3-7,9-11,17-19,26H,8H2,1-2H3,(H,25,29)(H,27,28). The largest absolute Gasteiger partial charge is 0.480 e. The van der Waals surface area contributed by atoms with Crippen molar-refractivity contribution in [1.29, 1.82) is 0 Å². The van der Waals surface area contributed by atoms with Crippen molar-refractivity contribution in [3.8, 4) is 0 Å². The smallest absolute Gasteiger partial charge is 0.321 e. The van der Waals surface area contributed by atoms with Crippen molar-refractivity contribution < 1.29 is 14.7 Å². The van der Waals surface area contributed by atoms with Gasteiger partial charge < -0.3 is 10.4 Å². The molecule has 0 aromatic heterocycles. The van der Waals surface area contributed by atoms with Crippen LogP contribution in [-0.2, 0) is 15.0 Å². The summed E-state index contributed by atoms with van der Waals surface area (Å²) in [6.07, 6.45) is 0.649. The Morgan fingerprint density at radius 1 is 1.17 bits per heavy atom. The van der Waals surface area contributed by atoms with Crippen LogP contribution < -0.4 is 10.6 Å². The topological polar surface area (TPSA) is 78.4 Å². The highest BCUT2D eigenvalue weighted by Crippen LogP contribution is 2.56.